The Morgan fingerprint density at radius 1 is 1.70 bits per heavy atom. The summed E-state index contributed by atoms with van der Waals surface area (Å²) < 4.78 is 2.03. The van der Waals surface area contributed by atoms with Crippen molar-refractivity contribution in [2.45, 2.75) is 13.1 Å². The lowest BCUT2D eigenvalue weighted by molar-refractivity contribution is 0.477. The summed E-state index contributed by atoms with van der Waals surface area (Å²) in [4.78, 5) is 0. The first-order valence-corrected chi connectivity index (χ1v) is 3.85. The van der Waals surface area contributed by atoms with E-state index < -0.39 is 0 Å². The smallest absolute Gasteiger partial charge is 0.0536 e. The minimum Gasteiger partial charge on any atom is -0.521 e. The fourth-order valence-electron chi connectivity index (χ4n) is 1.18. The van der Waals surface area contributed by atoms with Crippen molar-refractivity contribution < 1.29 is 0 Å². The van der Waals surface area contributed by atoms with Gasteiger partial charge in [0.25, 0.3) is 0 Å². The van der Waals surface area contributed by atoms with Gasteiger partial charge in [0.05, 0.1) is 6.54 Å². The molecule has 1 aliphatic rings. The Kier molecular flexibility index (Phi) is 1.47. The summed E-state index contributed by atoms with van der Waals surface area (Å²) >= 11 is 0. The highest BCUT2D eigenvalue weighted by atomic mass is 31.0. The minimum atomic E-state index is 0.929. The molecule has 2 heterocycles. The quantitative estimate of drug-likeness (QED) is 0.522. The van der Waals surface area contributed by atoms with Crippen LogP contribution in [0.4, 0.5) is 0 Å². The van der Waals surface area contributed by atoms with E-state index in [-0.39, 0.29) is 0 Å². The second-order valence-corrected chi connectivity index (χ2v) is 2.94. The molecule has 0 saturated carbocycles. The van der Waals surface area contributed by atoms with Crippen molar-refractivity contribution in [3.63, 3.8) is 0 Å². The Balaban J connectivity index is 2.45. The molecule has 0 aromatic carbocycles. The second-order valence-electron chi connectivity index (χ2n) is 2.40. The van der Waals surface area contributed by atoms with Crippen LogP contribution < -0.4 is 10.6 Å². The van der Waals surface area contributed by atoms with E-state index in [2.05, 4.69) is 19.7 Å². The van der Waals surface area contributed by atoms with Crippen LogP contribution in [-0.2, 0) is 13.1 Å². The van der Waals surface area contributed by atoms with E-state index in [1.807, 2.05) is 10.9 Å². The van der Waals surface area contributed by atoms with Gasteiger partial charge < -0.3 is 14.6 Å². The average molecular weight is 154 g/mol. The molecule has 10 heavy (non-hydrogen) atoms. The molecule has 4 heteroatoms. The highest BCUT2D eigenvalue weighted by Crippen LogP contribution is 2.03. The molecule has 0 amide bonds. The van der Waals surface area contributed by atoms with E-state index in [1.54, 1.807) is 0 Å². The molecule has 1 aromatic heterocycles. The van der Waals surface area contributed by atoms with E-state index in [4.69, 9.17) is 0 Å². The molecule has 0 radical (unpaired) electrons. The van der Waals surface area contributed by atoms with Crippen molar-refractivity contribution >= 4 is 14.5 Å². The fraction of sp³-hybridized carbons (Fsp3) is 0.500. The number of rotatable bonds is 0. The highest BCUT2D eigenvalue weighted by molar-refractivity contribution is 7.27. The maximum atomic E-state index is 4.18. The Bertz CT molecular complexity index is 243. The number of hydrogen-bond acceptors (Lipinski definition) is 2. The summed E-state index contributed by atoms with van der Waals surface area (Å²) in [6.07, 6.45) is 1.85. The Hall–Kier alpha value is -0.400. The van der Waals surface area contributed by atoms with Crippen molar-refractivity contribution in [3.8, 4) is 0 Å². The fourth-order valence-corrected chi connectivity index (χ4v) is 1.46. The number of hydrogen-bond donors (Lipinski definition) is 1. The van der Waals surface area contributed by atoms with Gasteiger partial charge in [-0.3, -0.25) is 4.68 Å². The summed E-state index contributed by atoms with van der Waals surface area (Å²) in [6.45, 7) is 2.94. The Morgan fingerprint density at radius 3 is 3.40 bits per heavy atom. The lowest BCUT2D eigenvalue weighted by atomic mass is 10.3. The van der Waals surface area contributed by atoms with Crippen LogP contribution in [-0.4, -0.2) is 16.3 Å². The van der Waals surface area contributed by atoms with Crippen LogP contribution in [0.1, 0.15) is 5.69 Å². The molecule has 2 rings (SSSR count). The molecule has 0 bridgehead atoms. The van der Waals surface area contributed by atoms with Crippen molar-refractivity contribution in [2.24, 2.45) is 0 Å². The van der Waals surface area contributed by atoms with Gasteiger partial charge in [-0.2, -0.15) is 10.4 Å². The third-order valence-corrected chi connectivity index (χ3v) is 2.16. The highest BCUT2D eigenvalue weighted by Gasteiger charge is 2.06. The number of aromatic nitrogens is 2. The first-order chi connectivity index (χ1) is 4.88. The van der Waals surface area contributed by atoms with Crippen LogP contribution >= 0.6 is 9.24 Å². The molecule has 1 aliphatic heterocycles. The van der Waals surface area contributed by atoms with Crippen LogP contribution in [0, 0.1) is 0 Å². The standard InChI is InChI=1S/C6H9N3P/c10-6-4-8-9-2-1-7-3-5(6)9/h4,7,10H,1-3H2/q-1. The molecule has 0 spiro atoms. The number of fused-ring (bicyclic) bond motifs is 1. The first-order valence-electron chi connectivity index (χ1n) is 3.35. The third kappa shape index (κ3) is 0.862. The van der Waals surface area contributed by atoms with Gasteiger partial charge in [0.2, 0.25) is 0 Å². The Morgan fingerprint density at radius 2 is 2.60 bits per heavy atom. The minimum absolute atomic E-state index is 0.929. The second kappa shape index (κ2) is 2.33. The molecular formula is C6H9N3P-. The summed E-state index contributed by atoms with van der Waals surface area (Å²) in [5.74, 6) is 0. The monoisotopic (exact) mass is 154 g/mol. The van der Waals surface area contributed by atoms with Gasteiger partial charge in [0.1, 0.15) is 0 Å². The van der Waals surface area contributed by atoms with Gasteiger partial charge in [-0.05, 0) is 0 Å². The zero-order valence-electron chi connectivity index (χ0n) is 5.59. The van der Waals surface area contributed by atoms with Crippen molar-refractivity contribution in [3.05, 3.63) is 11.9 Å². The van der Waals surface area contributed by atoms with Crippen LogP contribution in [0.3, 0.4) is 0 Å². The molecule has 0 saturated heterocycles. The molecular weight excluding hydrogens is 145 g/mol. The number of nitrogens with one attached hydrogen (secondary N) is 1. The lowest BCUT2D eigenvalue weighted by Crippen LogP contribution is -2.30. The summed E-state index contributed by atoms with van der Waals surface area (Å²) in [7, 11) is 3.48. The molecule has 0 fully saturated rings. The van der Waals surface area contributed by atoms with Gasteiger partial charge in [-0.15, -0.1) is 0 Å². The van der Waals surface area contributed by atoms with Gasteiger partial charge in [-0.25, -0.2) is 0 Å². The summed E-state index contributed by atoms with van der Waals surface area (Å²) in [6, 6.07) is 0. The Labute approximate surface area is 62.0 Å². The number of nitrogens with zero attached hydrogens (tertiary/aromatic N) is 2. The summed E-state index contributed by atoms with van der Waals surface area (Å²) in [5.41, 5.74) is 1.25. The molecule has 0 aliphatic carbocycles. The van der Waals surface area contributed by atoms with E-state index >= 15 is 0 Å². The van der Waals surface area contributed by atoms with Gasteiger partial charge >= 0.3 is 0 Å². The molecule has 3 nitrogen and oxygen atoms in total. The maximum Gasteiger partial charge on any atom is 0.0536 e. The van der Waals surface area contributed by atoms with E-state index in [9.17, 15) is 0 Å². The third-order valence-electron chi connectivity index (χ3n) is 1.74. The van der Waals surface area contributed by atoms with Gasteiger partial charge in [0, 0.05) is 25.0 Å². The zero-order valence-corrected chi connectivity index (χ0v) is 6.59. The molecule has 1 aromatic rings. The molecule has 0 atom stereocenters. The average Bonchev–Trinajstić information content (AvgIpc) is 2.34. The van der Waals surface area contributed by atoms with E-state index in [0.29, 0.717) is 0 Å². The topological polar surface area (TPSA) is 29.9 Å². The zero-order chi connectivity index (χ0) is 6.97. The van der Waals surface area contributed by atoms with Crippen molar-refractivity contribution in [1.29, 1.82) is 0 Å². The molecule has 0 unspecified atom stereocenters. The van der Waals surface area contributed by atoms with Crippen molar-refractivity contribution in [1.82, 2.24) is 15.1 Å². The maximum absolute atomic E-state index is 4.18. The van der Waals surface area contributed by atoms with Gasteiger partial charge in [0.15, 0.2) is 0 Å². The van der Waals surface area contributed by atoms with Crippen LogP contribution in [0.2, 0.25) is 0 Å². The van der Waals surface area contributed by atoms with E-state index in [1.165, 1.54) is 5.69 Å². The van der Waals surface area contributed by atoms with Crippen LogP contribution in [0.25, 0.3) is 0 Å². The lowest BCUT2D eigenvalue weighted by Gasteiger charge is -2.17. The normalized spacial score (nSPS) is 16.9. The summed E-state index contributed by atoms with van der Waals surface area (Å²) in [5, 5.41) is 8.56. The SMILES string of the molecule is [PH-]c1cnn2c1CNCC2. The van der Waals surface area contributed by atoms with E-state index in [0.717, 1.165) is 24.9 Å². The first kappa shape index (κ1) is 6.32. The van der Waals surface area contributed by atoms with Crippen LogP contribution in [0.5, 0.6) is 0 Å². The molecule has 1 N–H and O–H groups in total. The predicted molar refractivity (Wildman–Crippen MR) is 41.9 cm³/mol. The van der Waals surface area contributed by atoms with Crippen molar-refractivity contribution in [2.75, 3.05) is 6.54 Å². The van der Waals surface area contributed by atoms with Crippen LogP contribution in [0.15, 0.2) is 6.20 Å². The van der Waals surface area contributed by atoms with Gasteiger partial charge in [-0.1, -0.05) is 0 Å². The largest absolute Gasteiger partial charge is 0.521 e. The molecule has 54 valence electrons. The predicted octanol–water partition coefficient (Wildman–Crippen LogP) is -0.246.